The molecular weight excluding hydrogens is 326 g/mol. The zero-order valence-electron chi connectivity index (χ0n) is 14.2. The number of hydrogen-bond donors (Lipinski definition) is 0. The SMILES string of the molecule is C=C(P(=O)(OCC)OCC)P(=O)(OCCCC)OCCCC. The van der Waals surface area contributed by atoms with Crippen LogP contribution in [-0.2, 0) is 27.2 Å². The topological polar surface area (TPSA) is 71.1 Å². The van der Waals surface area contributed by atoms with Gasteiger partial charge in [0.1, 0.15) is 5.06 Å². The third-order valence-corrected chi connectivity index (χ3v) is 7.72. The summed E-state index contributed by atoms with van der Waals surface area (Å²) in [5.74, 6) is 0. The van der Waals surface area contributed by atoms with Gasteiger partial charge in [-0.25, -0.2) is 0 Å². The van der Waals surface area contributed by atoms with Gasteiger partial charge in [-0.2, -0.15) is 0 Å². The summed E-state index contributed by atoms with van der Waals surface area (Å²) < 4.78 is 47.0. The van der Waals surface area contributed by atoms with Gasteiger partial charge in [0, 0.05) is 0 Å². The van der Waals surface area contributed by atoms with Crippen LogP contribution in [0.5, 0.6) is 0 Å². The van der Waals surface area contributed by atoms with Crippen molar-refractivity contribution in [2.24, 2.45) is 0 Å². The molecule has 8 heteroatoms. The predicted molar refractivity (Wildman–Crippen MR) is 89.3 cm³/mol. The Morgan fingerprint density at radius 2 is 1.14 bits per heavy atom. The van der Waals surface area contributed by atoms with Gasteiger partial charge in [-0.15, -0.1) is 0 Å². The third kappa shape index (κ3) is 7.08. The van der Waals surface area contributed by atoms with Gasteiger partial charge in [0.2, 0.25) is 0 Å². The molecule has 0 amide bonds. The zero-order valence-corrected chi connectivity index (χ0v) is 16.0. The van der Waals surface area contributed by atoms with Gasteiger partial charge in [-0.1, -0.05) is 33.3 Å². The number of hydrogen-bond acceptors (Lipinski definition) is 6. The highest BCUT2D eigenvalue weighted by molar-refractivity contribution is 7.78. The Bertz CT molecular complexity index is 386. The van der Waals surface area contributed by atoms with Crippen LogP contribution in [0.2, 0.25) is 0 Å². The molecule has 0 aromatic carbocycles. The molecular formula is C14H30O6P2. The first-order chi connectivity index (χ1) is 10.4. The van der Waals surface area contributed by atoms with Gasteiger partial charge >= 0.3 is 15.2 Å². The molecule has 0 radical (unpaired) electrons. The molecule has 0 bridgehead atoms. The van der Waals surface area contributed by atoms with E-state index in [2.05, 4.69) is 6.58 Å². The molecule has 0 saturated carbocycles. The van der Waals surface area contributed by atoms with Gasteiger partial charge in [0.25, 0.3) is 0 Å². The van der Waals surface area contributed by atoms with Crippen molar-refractivity contribution in [1.29, 1.82) is 0 Å². The van der Waals surface area contributed by atoms with Crippen LogP contribution >= 0.6 is 15.2 Å². The summed E-state index contributed by atoms with van der Waals surface area (Å²) in [4.78, 5) is 0. The van der Waals surface area contributed by atoms with E-state index in [1.807, 2.05) is 13.8 Å². The van der Waals surface area contributed by atoms with E-state index in [0.717, 1.165) is 25.7 Å². The van der Waals surface area contributed by atoms with Gasteiger partial charge < -0.3 is 18.1 Å². The van der Waals surface area contributed by atoms with Gasteiger partial charge in [0.05, 0.1) is 26.4 Å². The van der Waals surface area contributed by atoms with Crippen LogP contribution in [0.1, 0.15) is 53.4 Å². The lowest BCUT2D eigenvalue weighted by molar-refractivity contribution is 0.200. The molecule has 132 valence electrons. The molecule has 0 aromatic rings. The van der Waals surface area contributed by atoms with E-state index in [-0.39, 0.29) is 31.5 Å². The van der Waals surface area contributed by atoms with E-state index in [1.165, 1.54) is 0 Å². The van der Waals surface area contributed by atoms with E-state index < -0.39 is 15.2 Å². The summed E-state index contributed by atoms with van der Waals surface area (Å²) >= 11 is 0. The van der Waals surface area contributed by atoms with Crippen molar-refractivity contribution in [3.63, 3.8) is 0 Å². The minimum absolute atomic E-state index is 0.153. The summed E-state index contributed by atoms with van der Waals surface area (Å²) in [6.07, 6.45) is 3.22. The van der Waals surface area contributed by atoms with Gasteiger partial charge in [-0.3, -0.25) is 9.13 Å². The minimum Gasteiger partial charge on any atom is -0.305 e. The molecule has 0 rings (SSSR count). The van der Waals surface area contributed by atoms with E-state index in [0.29, 0.717) is 0 Å². The first-order valence-electron chi connectivity index (χ1n) is 7.88. The average molecular weight is 356 g/mol. The fourth-order valence-corrected chi connectivity index (χ4v) is 5.58. The lowest BCUT2D eigenvalue weighted by Crippen LogP contribution is -2.05. The maximum absolute atomic E-state index is 13.0. The smallest absolute Gasteiger partial charge is 0.305 e. The Morgan fingerprint density at radius 1 is 0.773 bits per heavy atom. The summed E-state index contributed by atoms with van der Waals surface area (Å²) in [7, 11) is -7.50. The molecule has 0 aliphatic carbocycles. The highest BCUT2D eigenvalue weighted by Crippen LogP contribution is 2.73. The summed E-state index contributed by atoms with van der Waals surface area (Å²) in [6.45, 7) is 11.8. The second-order valence-electron chi connectivity index (χ2n) is 4.62. The second-order valence-corrected chi connectivity index (χ2v) is 9.08. The standard InChI is InChI=1S/C14H30O6P2/c1-6-10-12-19-22(16,20-13-11-7-2)14(5)21(15,17-8-3)18-9-4/h5-13H2,1-4H3. The van der Waals surface area contributed by atoms with Crippen molar-refractivity contribution in [1.82, 2.24) is 0 Å². The third-order valence-electron chi connectivity index (χ3n) is 2.75. The molecule has 0 aromatic heterocycles. The fraction of sp³-hybridized carbons (Fsp3) is 0.857. The zero-order chi connectivity index (χ0) is 17.1. The summed E-state index contributed by atoms with van der Waals surface area (Å²) in [5.41, 5.74) is 0. The molecule has 6 nitrogen and oxygen atoms in total. The Balaban J connectivity index is 5.21. The molecule has 0 heterocycles. The average Bonchev–Trinajstić information content (AvgIpc) is 2.47. The lowest BCUT2D eigenvalue weighted by Gasteiger charge is -2.25. The van der Waals surface area contributed by atoms with Crippen LogP contribution in [0, 0.1) is 0 Å². The monoisotopic (exact) mass is 356 g/mol. The number of unbranched alkanes of at least 4 members (excludes halogenated alkanes) is 2. The Labute approximate surface area is 134 Å². The normalized spacial score (nSPS) is 12.5. The molecule has 0 aliphatic heterocycles. The van der Waals surface area contributed by atoms with E-state index >= 15 is 0 Å². The van der Waals surface area contributed by atoms with Crippen molar-refractivity contribution in [3.8, 4) is 0 Å². The molecule has 0 atom stereocenters. The predicted octanol–water partition coefficient (Wildman–Crippen LogP) is 5.55. The molecule has 0 spiro atoms. The van der Waals surface area contributed by atoms with Crippen molar-refractivity contribution in [2.75, 3.05) is 26.4 Å². The van der Waals surface area contributed by atoms with E-state index in [9.17, 15) is 9.13 Å². The fourth-order valence-electron chi connectivity index (χ4n) is 1.52. The highest BCUT2D eigenvalue weighted by atomic mass is 31.2. The van der Waals surface area contributed by atoms with Crippen LogP contribution in [0.3, 0.4) is 0 Å². The van der Waals surface area contributed by atoms with Crippen molar-refractivity contribution < 1.29 is 27.2 Å². The largest absolute Gasteiger partial charge is 0.368 e. The maximum Gasteiger partial charge on any atom is 0.368 e. The molecule has 0 N–H and O–H groups in total. The minimum atomic E-state index is -3.76. The Morgan fingerprint density at radius 3 is 1.45 bits per heavy atom. The van der Waals surface area contributed by atoms with Crippen molar-refractivity contribution in [3.05, 3.63) is 11.6 Å². The van der Waals surface area contributed by atoms with Gasteiger partial charge in [0.15, 0.2) is 0 Å². The van der Waals surface area contributed by atoms with Crippen molar-refractivity contribution in [2.45, 2.75) is 53.4 Å². The second kappa shape index (κ2) is 11.6. The molecule has 0 saturated heterocycles. The maximum atomic E-state index is 13.0. The van der Waals surface area contributed by atoms with Gasteiger partial charge in [-0.05, 0) is 26.7 Å². The lowest BCUT2D eigenvalue weighted by atomic mass is 10.4. The Hall–Kier alpha value is 0.0400. The quantitative estimate of drug-likeness (QED) is 0.300. The van der Waals surface area contributed by atoms with Crippen LogP contribution < -0.4 is 0 Å². The molecule has 22 heavy (non-hydrogen) atoms. The molecule has 0 unspecified atom stereocenters. The highest BCUT2D eigenvalue weighted by Gasteiger charge is 2.43. The first-order valence-corrected chi connectivity index (χ1v) is 11.0. The summed E-state index contributed by atoms with van der Waals surface area (Å²) in [5, 5.41) is -0.212. The van der Waals surface area contributed by atoms with Crippen LogP contribution in [0.15, 0.2) is 11.6 Å². The van der Waals surface area contributed by atoms with E-state index in [4.69, 9.17) is 18.1 Å². The van der Waals surface area contributed by atoms with Crippen LogP contribution in [0.4, 0.5) is 0 Å². The van der Waals surface area contributed by atoms with Crippen molar-refractivity contribution >= 4 is 15.2 Å². The number of rotatable bonds is 14. The first kappa shape index (κ1) is 22.0. The summed E-state index contributed by atoms with van der Waals surface area (Å²) in [6, 6.07) is 0. The van der Waals surface area contributed by atoms with E-state index in [1.54, 1.807) is 13.8 Å². The molecule has 0 aliphatic rings. The Kier molecular flexibility index (Phi) is 11.6. The van der Waals surface area contributed by atoms with Crippen LogP contribution in [-0.4, -0.2) is 26.4 Å². The molecule has 0 fully saturated rings. The van der Waals surface area contributed by atoms with Crippen LogP contribution in [0.25, 0.3) is 0 Å².